The summed E-state index contributed by atoms with van der Waals surface area (Å²) in [6.07, 6.45) is 1.64. The molecule has 0 radical (unpaired) electrons. The maximum absolute atomic E-state index is 13.4. The van der Waals surface area contributed by atoms with Gasteiger partial charge in [-0.25, -0.2) is 8.78 Å². The molecule has 2 rings (SSSR count). The monoisotopic (exact) mass is 376 g/mol. The Morgan fingerprint density at radius 2 is 1.94 bits per heavy atom. The molecule has 0 bridgehead atoms. The second-order valence-corrected chi connectivity index (χ2v) is 5.33. The summed E-state index contributed by atoms with van der Waals surface area (Å²) in [4.78, 5) is 4.17. The zero-order valence-electron chi connectivity index (χ0n) is 9.05. The smallest absolute Gasteiger partial charge is 0.146 e. The third-order valence-electron chi connectivity index (χ3n) is 2.26. The number of hydrogen-bond donors (Lipinski definition) is 1. The minimum atomic E-state index is -0.496. The topological polar surface area (TPSA) is 24.9 Å². The van der Waals surface area contributed by atoms with Gasteiger partial charge in [-0.1, -0.05) is 0 Å². The van der Waals surface area contributed by atoms with Crippen LogP contribution >= 0.6 is 31.9 Å². The van der Waals surface area contributed by atoms with Crippen LogP contribution in [0.25, 0.3) is 0 Å². The number of hydrogen-bond acceptors (Lipinski definition) is 2. The summed E-state index contributed by atoms with van der Waals surface area (Å²) < 4.78 is 28.0. The lowest BCUT2D eigenvalue weighted by molar-refractivity contribution is 0.602. The van der Waals surface area contributed by atoms with Crippen LogP contribution in [0.15, 0.2) is 39.4 Å². The Labute approximate surface area is 120 Å². The zero-order chi connectivity index (χ0) is 13.1. The van der Waals surface area contributed by atoms with Crippen LogP contribution in [0.5, 0.6) is 0 Å². The summed E-state index contributed by atoms with van der Waals surface area (Å²) in [5.41, 5.74) is 0.827. The average molecular weight is 378 g/mol. The van der Waals surface area contributed by atoms with Gasteiger partial charge in [-0.15, -0.1) is 0 Å². The Balaban J connectivity index is 2.13. The molecular weight excluding hydrogens is 370 g/mol. The van der Waals surface area contributed by atoms with Gasteiger partial charge in [0.15, 0.2) is 0 Å². The Morgan fingerprint density at radius 1 is 1.17 bits per heavy atom. The van der Waals surface area contributed by atoms with Crippen molar-refractivity contribution in [3.63, 3.8) is 0 Å². The van der Waals surface area contributed by atoms with Gasteiger partial charge in [0.25, 0.3) is 0 Å². The van der Waals surface area contributed by atoms with E-state index in [0.29, 0.717) is 12.2 Å². The van der Waals surface area contributed by atoms with Crippen molar-refractivity contribution in [3.8, 4) is 0 Å². The quantitative estimate of drug-likeness (QED) is 0.851. The highest BCUT2D eigenvalue weighted by Crippen LogP contribution is 2.21. The highest BCUT2D eigenvalue weighted by atomic mass is 79.9. The summed E-state index contributed by atoms with van der Waals surface area (Å²) >= 11 is 6.64. The average Bonchev–Trinajstić information content (AvgIpc) is 2.32. The molecule has 0 aliphatic heterocycles. The molecule has 1 aromatic carbocycles. The first kappa shape index (κ1) is 13.4. The second kappa shape index (κ2) is 5.75. The molecule has 6 heteroatoms. The van der Waals surface area contributed by atoms with E-state index in [1.807, 2.05) is 6.07 Å². The number of benzene rings is 1. The molecule has 18 heavy (non-hydrogen) atoms. The van der Waals surface area contributed by atoms with Crippen molar-refractivity contribution in [1.29, 1.82) is 0 Å². The fraction of sp³-hybridized carbons (Fsp3) is 0.0833. The van der Waals surface area contributed by atoms with Gasteiger partial charge in [0, 0.05) is 15.1 Å². The van der Waals surface area contributed by atoms with Crippen molar-refractivity contribution in [2.45, 2.75) is 6.54 Å². The molecule has 2 aromatic rings. The maximum Gasteiger partial charge on any atom is 0.146 e. The van der Waals surface area contributed by atoms with Crippen LogP contribution in [0, 0.1) is 11.6 Å². The fourth-order valence-corrected chi connectivity index (χ4v) is 2.51. The lowest BCUT2D eigenvalue weighted by Gasteiger charge is -2.08. The van der Waals surface area contributed by atoms with Crippen molar-refractivity contribution in [2.24, 2.45) is 0 Å². The van der Waals surface area contributed by atoms with Crippen molar-refractivity contribution in [1.82, 2.24) is 4.98 Å². The fourth-order valence-electron chi connectivity index (χ4n) is 1.38. The Bertz CT molecular complexity index is 576. The Hall–Kier alpha value is -1.01. The van der Waals surface area contributed by atoms with E-state index in [0.717, 1.165) is 27.1 Å². The van der Waals surface area contributed by atoms with Crippen LogP contribution in [0.3, 0.4) is 0 Å². The Kier molecular flexibility index (Phi) is 4.29. The molecule has 2 nitrogen and oxygen atoms in total. The highest BCUT2D eigenvalue weighted by molar-refractivity contribution is 9.11. The summed E-state index contributed by atoms with van der Waals surface area (Å²) in [6, 6.07) is 5.12. The number of halogens is 4. The summed E-state index contributed by atoms with van der Waals surface area (Å²) in [5, 5.41) is 2.81. The largest absolute Gasteiger partial charge is 0.377 e. The van der Waals surface area contributed by atoms with Crippen molar-refractivity contribution in [2.75, 3.05) is 5.32 Å². The number of aromatic nitrogens is 1. The van der Waals surface area contributed by atoms with E-state index in [1.54, 1.807) is 6.20 Å². The van der Waals surface area contributed by atoms with E-state index in [2.05, 4.69) is 42.2 Å². The number of anilines is 1. The summed E-state index contributed by atoms with van der Waals surface area (Å²) in [7, 11) is 0. The predicted molar refractivity (Wildman–Crippen MR) is 73.3 cm³/mol. The van der Waals surface area contributed by atoms with E-state index >= 15 is 0 Å². The minimum absolute atomic E-state index is 0.117. The van der Waals surface area contributed by atoms with Crippen LogP contribution in [-0.4, -0.2) is 4.98 Å². The van der Waals surface area contributed by atoms with Gasteiger partial charge in [-0.2, -0.15) is 0 Å². The number of pyridine rings is 1. The molecule has 0 aliphatic rings. The van der Waals surface area contributed by atoms with E-state index in [4.69, 9.17) is 0 Å². The van der Waals surface area contributed by atoms with Gasteiger partial charge < -0.3 is 5.32 Å². The molecule has 1 heterocycles. The molecule has 0 saturated heterocycles. The lowest BCUT2D eigenvalue weighted by Crippen LogP contribution is -2.04. The van der Waals surface area contributed by atoms with E-state index < -0.39 is 11.6 Å². The SMILES string of the molecule is Fc1ccc(F)c(NCc2ncc(Br)cc2Br)c1. The van der Waals surface area contributed by atoms with E-state index in [-0.39, 0.29) is 5.69 Å². The van der Waals surface area contributed by atoms with Gasteiger partial charge in [0.2, 0.25) is 0 Å². The standard InChI is InChI=1S/C12H8Br2F2N2/c13-7-3-9(14)12(17-5-7)6-18-11-4-8(15)1-2-10(11)16/h1-5,18H,6H2. The zero-order valence-corrected chi connectivity index (χ0v) is 12.2. The first-order valence-electron chi connectivity index (χ1n) is 5.05. The molecule has 94 valence electrons. The van der Waals surface area contributed by atoms with Crippen LogP contribution in [0.2, 0.25) is 0 Å². The molecule has 1 N–H and O–H groups in total. The first-order valence-corrected chi connectivity index (χ1v) is 6.63. The third-order valence-corrected chi connectivity index (χ3v) is 3.38. The van der Waals surface area contributed by atoms with Crippen molar-refractivity contribution < 1.29 is 8.78 Å². The van der Waals surface area contributed by atoms with Gasteiger partial charge in [0.1, 0.15) is 11.6 Å². The maximum atomic E-state index is 13.4. The van der Waals surface area contributed by atoms with E-state index in [1.165, 1.54) is 0 Å². The summed E-state index contributed by atoms with van der Waals surface area (Å²) in [5.74, 6) is -0.980. The molecule has 0 spiro atoms. The molecule has 1 aromatic heterocycles. The lowest BCUT2D eigenvalue weighted by atomic mass is 10.3. The van der Waals surface area contributed by atoms with Gasteiger partial charge in [-0.05, 0) is 56.1 Å². The third kappa shape index (κ3) is 3.26. The molecular formula is C12H8Br2F2N2. The van der Waals surface area contributed by atoms with E-state index in [9.17, 15) is 8.78 Å². The number of nitrogens with one attached hydrogen (secondary N) is 1. The second-order valence-electron chi connectivity index (χ2n) is 3.56. The highest BCUT2D eigenvalue weighted by Gasteiger charge is 2.06. The van der Waals surface area contributed by atoms with Crippen LogP contribution < -0.4 is 5.32 Å². The normalized spacial score (nSPS) is 10.4. The molecule has 0 amide bonds. The van der Waals surface area contributed by atoms with Crippen molar-refractivity contribution >= 4 is 37.5 Å². The number of rotatable bonds is 3. The molecule has 0 saturated carbocycles. The molecule has 0 unspecified atom stereocenters. The van der Waals surface area contributed by atoms with Crippen LogP contribution in [0.1, 0.15) is 5.69 Å². The summed E-state index contributed by atoms with van der Waals surface area (Å²) in [6.45, 7) is 0.300. The Morgan fingerprint density at radius 3 is 2.67 bits per heavy atom. The molecule has 0 atom stereocenters. The molecule has 0 fully saturated rings. The van der Waals surface area contributed by atoms with Gasteiger partial charge >= 0.3 is 0 Å². The van der Waals surface area contributed by atoms with Crippen LogP contribution in [0.4, 0.5) is 14.5 Å². The van der Waals surface area contributed by atoms with Crippen molar-refractivity contribution in [3.05, 3.63) is 56.7 Å². The van der Waals surface area contributed by atoms with Gasteiger partial charge in [0.05, 0.1) is 17.9 Å². The first-order chi connectivity index (χ1) is 8.56. The van der Waals surface area contributed by atoms with Crippen LogP contribution in [-0.2, 0) is 6.54 Å². The molecule has 0 aliphatic carbocycles. The minimum Gasteiger partial charge on any atom is -0.377 e. The van der Waals surface area contributed by atoms with Gasteiger partial charge in [-0.3, -0.25) is 4.98 Å². The predicted octanol–water partition coefficient (Wildman–Crippen LogP) is 4.50. The number of nitrogens with zero attached hydrogens (tertiary/aromatic N) is 1.